The van der Waals surface area contributed by atoms with Crippen molar-refractivity contribution in [3.05, 3.63) is 64.3 Å². The van der Waals surface area contributed by atoms with E-state index in [1.54, 1.807) is 22.9 Å². The SMILES string of the molecule is CC(=O)Cc1nc(=O)c2cccnc2n1-c1ccc(C)cc1. The van der Waals surface area contributed by atoms with Gasteiger partial charge in [-0.25, -0.2) is 4.98 Å². The van der Waals surface area contributed by atoms with Gasteiger partial charge in [0.25, 0.3) is 5.56 Å². The number of hydrogen-bond acceptors (Lipinski definition) is 4. The highest BCUT2D eigenvalue weighted by Crippen LogP contribution is 2.17. The average Bonchev–Trinajstić information content (AvgIpc) is 2.48. The summed E-state index contributed by atoms with van der Waals surface area (Å²) >= 11 is 0. The molecule has 1 aromatic carbocycles. The number of ketones is 1. The van der Waals surface area contributed by atoms with Crippen molar-refractivity contribution in [1.29, 1.82) is 0 Å². The molecular formula is C17H15N3O2. The molecule has 0 unspecified atom stereocenters. The predicted molar refractivity (Wildman–Crippen MR) is 84.3 cm³/mol. The van der Waals surface area contributed by atoms with Crippen LogP contribution in [0.1, 0.15) is 18.3 Å². The first kappa shape index (κ1) is 14.1. The van der Waals surface area contributed by atoms with Gasteiger partial charge in [0.15, 0.2) is 5.65 Å². The van der Waals surface area contributed by atoms with Crippen LogP contribution in [0.25, 0.3) is 16.7 Å². The quantitative estimate of drug-likeness (QED) is 0.742. The normalized spacial score (nSPS) is 10.8. The maximum atomic E-state index is 12.1. The summed E-state index contributed by atoms with van der Waals surface area (Å²) < 4.78 is 1.78. The van der Waals surface area contributed by atoms with Gasteiger partial charge in [-0.1, -0.05) is 17.7 Å². The monoisotopic (exact) mass is 293 g/mol. The number of nitrogens with zero attached hydrogens (tertiary/aromatic N) is 3. The van der Waals surface area contributed by atoms with Crippen molar-refractivity contribution in [2.45, 2.75) is 20.3 Å². The van der Waals surface area contributed by atoms with Crippen molar-refractivity contribution >= 4 is 16.8 Å². The molecule has 0 aliphatic heterocycles. The van der Waals surface area contributed by atoms with Gasteiger partial charge in [0.05, 0.1) is 11.8 Å². The highest BCUT2D eigenvalue weighted by Gasteiger charge is 2.14. The Bertz CT molecular complexity index is 911. The Labute approximate surface area is 127 Å². The lowest BCUT2D eigenvalue weighted by Crippen LogP contribution is -2.20. The van der Waals surface area contributed by atoms with Gasteiger partial charge < -0.3 is 0 Å². The molecule has 0 fully saturated rings. The van der Waals surface area contributed by atoms with E-state index < -0.39 is 0 Å². The number of carbonyl (C=O) groups is 1. The lowest BCUT2D eigenvalue weighted by atomic mass is 10.2. The minimum Gasteiger partial charge on any atom is -0.300 e. The van der Waals surface area contributed by atoms with E-state index in [4.69, 9.17) is 0 Å². The molecule has 5 nitrogen and oxygen atoms in total. The molecule has 0 bridgehead atoms. The number of aromatic nitrogens is 3. The number of aryl methyl sites for hydroxylation is 1. The van der Waals surface area contributed by atoms with Crippen molar-refractivity contribution in [3.63, 3.8) is 0 Å². The summed E-state index contributed by atoms with van der Waals surface area (Å²) in [5.41, 5.74) is 2.12. The third-order valence-corrected chi connectivity index (χ3v) is 3.42. The van der Waals surface area contributed by atoms with Gasteiger partial charge in [-0.05, 0) is 38.1 Å². The molecule has 0 N–H and O–H groups in total. The largest absolute Gasteiger partial charge is 0.300 e. The van der Waals surface area contributed by atoms with E-state index in [0.29, 0.717) is 16.9 Å². The number of rotatable bonds is 3. The lowest BCUT2D eigenvalue weighted by molar-refractivity contribution is -0.116. The van der Waals surface area contributed by atoms with Crippen LogP contribution in [-0.2, 0) is 11.2 Å². The number of benzene rings is 1. The highest BCUT2D eigenvalue weighted by molar-refractivity contribution is 5.80. The fourth-order valence-corrected chi connectivity index (χ4v) is 2.40. The third-order valence-electron chi connectivity index (χ3n) is 3.42. The summed E-state index contributed by atoms with van der Waals surface area (Å²) in [6.45, 7) is 3.48. The minimum absolute atomic E-state index is 0.0527. The smallest absolute Gasteiger partial charge is 0.282 e. The molecule has 110 valence electrons. The van der Waals surface area contributed by atoms with Gasteiger partial charge in [-0.3, -0.25) is 14.2 Å². The second-order valence-electron chi connectivity index (χ2n) is 5.26. The molecule has 0 radical (unpaired) electrons. The average molecular weight is 293 g/mol. The molecule has 0 amide bonds. The van der Waals surface area contributed by atoms with E-state index in [2.05, 4.69) is 9.97 Å². The Hall–Kier alpha value is -2.82. The summed E-state index contributed by atoms with van der Waals surface area (Å²) in [6, 6.07) is 11.2. The molecule has 3 aromatic rings. The zero-order valence-electron chi connectivity index (χ0n) is 12.4. The molecule has 0 atom stereocenters. The van der Waals surface area contributed by atoms with Crippen molar-refractivity contribution in [1.82, 2.24) is 14.5 Å². The molecule has 5 heteroatoms. The molecule has 2 heterocycles. The Morgan fingerprint density at radius 3 is 2.59 bits per heavy atom. The zero-order valence-corrected chi connectivity index (χ0v) is 12.4. The number of hydrogen-bond donors (Lipinski definition) is 0. The summed E-state index contributed by atoms with van der Waals surface area (Å²) in [4.78, 5) is 32.1. The van der Waals surface area contributed by atoms with Crippen molar-refractivity contribution in [3.8, 4) is 5.69 Å². The van der Waals surface area contributed by atoms with Crippen LogP contribution < -0.4 is 5.56 Å². The van der Waals surface area contributed by atoms with E-state index in [9.17, 15) is 9.59 Å². The Balaban J connectivity index is 2.37. The minimum atomic E-state index is -0.359. The summed E-state index contributed by atoms with van der Waals surface area (Å²) in [6.07, 6.45) is 1.72. The van der Waals surface area contributed by atoms with Gasteiger partial charge in [0, 0.05) is 11.9 Å². The van der Waals surface area contributed by atoms with Crippen molar-refractivity contribution in [2.24, 2.45) is 0 Å². The molecule has 2 aromatic heterocycles. The second kappa shape index (κ2) is 5.52. The van der Waals surface area contributed by atoms with Gasteiger partial charge in [-0.2, -0.15) is 4.98 Å². The first-order chi connectivity index (χ1) is 10.6. The molecule has 22 heavy (non-hydrogen) atoms. The van der Waals surface area contributed by atoms with Crippen LogP contribution in [0.5, 0.6) is 0 Å². The topological polar surface area (TPSA) is 64.8 Å². The molecule has 0 aliphatic carbocycles. The van der Waals surface area contributed by atoms with Crippen molar-refractivity contribution in [2.75, 3.05) is 0 Å². The van der Waals surface area contributed by atoms with E-state index in [1.807, 2.05) is 31.2 Å². The first-order valence-electron chi connectivity index (χ1n) is 6.99. The lowest BCUT2D eigenvalue weighted by Gasteiger charge is -2.14. The van der Waals surface area contributed by atoms with Crippen LogP contribution in [0.4, 0.5) is 0 Å². The van der Waals surface area contributed by atoms with Crippen molar-refractivity contribution < 1.29 is 4.79 Å². The maximum absolute atomic E-state index is 12.1. The first-order valence-corrected chi connectivity index (χ1v) is 6.99. The van der Waals surface area contributed by atoms with Crippen LogP contribution in [-0.4, -0.2) is 20.3 Å². The molecular weight excluding hydrogens is 278 g/mol. The Morgan fingerprint density at radius 2 is 1.91 bits per heavy atom. The predicted octanol–water partition coefficient (Wildman–Crippen LogP) is 2.22. The van der Waals surface area contributed by atoms with Gasteiger partial charge in [0.1, 0.15) is 11.6 Å². The fourth-order valence-electron chi connectivity index (χ4n) is 2.40. The van der Waals surface area contributed by atoms with Crippen LogP contribution in [0, 0.1) is 6.92 Å². The third kappa shape index (κ3) is 2.53. The van der Waals surface area contributed by atoms with E-state index in [-0.39, 0.29) is 17.8 Å². The zero-order chi connectivity index (χ0) is 15.7. The van der Waals surface area contributed by atoms with E-state index in [0.717, 1.165) is 11.3 Å². The van der Waals surface area contributed by atoms with Crippen LogP contribution in [0.2, 0.25) is 0 Å². The summed E-state index contributed by atoms with van der Waals surface area (Å²) in [5, 5.41) is 0.440. The summed E-state index contributed by atoms with van der Waals surface area (Å²) in [5.74, 6) is 0.357. The molecule has 0 saturated carbocycles. The van der Waals surface area contributed by atoms with Gasteiger partial charge >= 0.3 is 0 Å². The number of carbonyl (C=O) groups excluding carboxylic acids is 1. The van der Waals surface area contributed by atoms with Crippen LogP contribution in [0.3, 0.4) is 0 Å². The van der Waals surface area contributed by atoms with Crippen LogP contribution >= 0.6 is 0 Å². The van der Waals surface area contributed by atoms with Gasteiger partial charge in [0.2, 0.25) is 0 Å². The van der Waals surface area contributed by atoms with Crippen LogP contribution in [0.15, 0.2) is 47.4 Å². The highest BCUT2D eigenvalue weighted by atomic mass is 16.1. The second-order valence-corrected chi connectivity index (χ2v) is 5.26. The Kier molecular flexibility index (Phi) is 3.55. The Morgan fingerprint density at radius 1 is 1.18 bits per heavy atom. The van der Waals surface area contributed by atoms with E-state index >= 15 is 0 Å². The fraction of sp³-hybridized carbons (Fsp3) is 0.176. The number of pyridine rings is 1. The molecule has 0 aliphatic rings. The molecule has 0 saturated heterocycles. The molecule has 0 spiro atoms. The summed E-state index contributed by atoms with van der Waals surface area (Å²) in [7, 11) is 0. The van der Waals surface area contributed by atoms with E-state index in [1.165, 1.54) is 6.92 Å². The molecule has 3 rings (SSSR count). The number of Topliss-reactive ketones (excluding diaryl/α,β-unsaturated/α-hetero) is 1. The number of fused-ring (bicyclic) bond motifs is 1. The standard InChI is InChI=1S/C17H15N3O2/c1-11-5-7-13(8-6-11)20-15(10-12(2)21)19-17(22)14-4-3-9-18-16(14)20/h3-9H,10H2,1-2H3. The van der Waals surface area contributed by atoms with Gasteiger partial charge in [-0.15, -0.1) is 0 Å². The maximum Gasteiger partial charge on any atom is 0.282 e.